The highest BCUT2D eigenvalue weighted by Crippen LogP contribution is 2.22. The molecule has 94 valence electrons. The molecule has 1 N–H and O–H groups in total. The third kappa shape index (κ3) is 2.10. The van der Waals surface area contributed by atoms with Crippen molar-refractivity contribution in [1.82, 2.24) is 9.78 Å². The number of aromatic nitrogens is 2. The lowest BCUT2D eigenvalue weighted by molar-refractivity contribution is 0.864. The fourth-order valence-electron chi connectivity index (χ4n) is 2.22. The van der Waals surface area contributed by atoms with Gasteiger partial charge in [-0.05, 0) is 18.6 Å². The first-order valence-electron chi connectivity index (χ1n) is 6.19. The minimum Gasteiger partial charge on any atom is -0.268 e. The van der Waals surface area contributed by atoms with Gasteiger partial charge >= 0.3 is 0 Å². The van der Waals surface area contributed by atoms with Crippen LogP contribution >= 0.6 is 0 Å². The van der Waals surface area contributed by atoms with Crippen molar-refractivity contribution in [2.24, 2.45) is 0 Å². The molecule has 1 aromatic heterocycles. The van der Waals surface area contributed by atoms with Crippen LogP contribution in [0.4, 0.5) is 0 Å². The summed E-state index contributed by atoms with van der Waals surface area (Å²) >= 11 is 0. The molecule has 0 saturated heterocycles. The number of aryl methyl sites for hydroxylation is 1. The average molecular weight is 250 g/mol. The molecule has 0 radical (unpaired) electrons. The summed E-state index contributed by atoms with van der Waals surface area (Å²) in [5.41, 5.74) is 3.90. The number of benzene rings is 2. The highest BCUT2D eigenvalue weighted by molar-refractivity contribution is 5.62. The maximum atomic E-state index is 11.7. The van der Waals surface area contributed by atoms with Crippen LogP contribution in [0.2, 0.25) is 0 Å². The van der Waals surface area contributed by atoms with Gasteiger partial charge in [-0.3, -0.25) is 14.6 Å². The molecule has 0 fully saturated rings. The highest BCUT2D eigenvalue weighted by atomic mass is 16.1. The Bertz CT molecular complexity index is 754. The second kappa shape index (κ2) is 4.61. The van der Waals surface area contributed by atoms with E-state index < -0.39 is 0 Å². The number of nitrogens with zero attached hydrogens (tertiary/aromatic N) is 1. The largest absolute Gasteiger partial charge is 0.268 e. The number of rotatable bonds is 2. The lowest BCUT2D eigenvalue weighted by atomic mass is 10.1. The molecular weight excluding hydrogens is 236 g/mol. The second-order valence-electron chi connectivity index (χ2n) is 4.49. The predicted molar refractivity (Wildman–Crippen MR) is 76.6 cm³/mol. The predicted octanol–water partition coefficient (Wildman–Crippen LogP) is 3.14. The Morgan fingerprint density at radius 2 is 1.63 bits per heavy atom. The van der Waals surface area contributed by atoms with Crippen LogP contribution in [0.15, 0.2) is 65.5 Å². The van der Waals surface area contributed by atoms with Crippen LogP contribution < -0.4 is 5.56 Å². The molecule has 0 atom stereocenters. The molecule has 1 heterocycles. The summed E-state index contributed by atoms with van der Waals surface area (Å²) in [5.74, 6) is 0. The van der Waals surface area contributed by atoms with Crippen LogP contribution in [0.1, 0.15) is 5.56 Å². The van der Waals surface area contributed by atoms with Gasteiger partial charge in [-0.1, -0.05) is 48.5 Å². The zero-order valence-corrected chi connectivity index (χ0v) is 10.6. The first kappa shape index (κ1) is 11.5. The Hall–Kier alpha value is -2.55. The van der Waals surface area contributed by atoms with Crippen molar-refractivity contribution in [2.45, 2.75) is 6.92 Å². The zero-order chi connectivity index (χ0) is 13.2. The number of H-pyrrole nitrogens is 1. The Morgan fingerprint density at radius 1 is 0.947 bits per heavy atom. The standard InChI is InChI=1S/C16H14N2O/c1-12-7-5-6-10-14(12)18-15(11-16(19)17-18)13-8-3-2-4-9-13/h2-11H,1H3,(H,17,19). The van der Waals surface area contributed by atoms with Gasteiger partial charge in [0.15, 0.2) is 0 Å². The Kier molecular flexibility index (Phi) is 2.80. The summed E-state index contributed by atoms with van der Waals surface area (Å²) in [6, 6.07) is 19.5. The summed E-state index contributed by atoms with van der Waals surface area (Å²) in [7, 11) is 0. The molecular formula is C16H14N2O. The van der Waals surface area contributed by atoms with Crippen molar-refractivity contribution in [2.75, 3.05) is 0 Å². The lowest BCUT2D eigenvalue weighted by Crippen LogP contribution is -2.05. The van der Waals surface area contributed by atoms with Gasteiger partial charge in [-0.25, -0.2) is 0 Å². The molecule has 19 heavy (non-hydrogen) atoms. The van der Waals surface area contributed by atoms with Gasteiger partial charge < -0.3 is 0 Å². The maximum absolute atomic E-state index is 11.7. The van der Waals surface area contributed by atoms with Crippen LogP contribution in [-0.4, -0.2) is 9.78 Å². The van der Waals surface area contributed by atoms with Gasteiger partial charge in [0.05, 0.1) is 11.4 Å². The van der Waals surface area contributed by atoms with Crippen LogP contribution in [0, 0.1) is 6.92 Å². The highest BCUT2D eigenvalue weighted by Gasteiger charge is 2.09. The van der Waals surface area contributed by atoms with E-state index in [1.807, 2.05) is 66.2 Å². The van der Waals surface area contributed by atoms with E-state index in [-0.39, 0.29) is 5.56 Å². The summed E-state index contributed by atoms with van der Waals surface area (Å²) in [4.78, 5) is 11.7. The molecule has 0 aliphatic carbocycles. The summed E-state index contributed by atoms with van der Waals surface area (Å²) in [5, 5.41) is 2.86. The number of hydrogen-bond donors (Lipinski definition) is 1. The minimum atomic E-state index is -0.0953. The Labute approximate surface area is 111 Å². The van der Waals surface area contributed by atoms with Crippen molar-refractivity contribution >= 4 is 0 Å². The molecule has 0 unspecified atom stereocenters. The summed E-state index contributed by atoms with van der Waals surface area (Å²) in [6.45, 7) is 2.03. The van der Waals surface area contributed by atoms with E-state index in [0.29, 0.717) is 0 Å². The monoisotopic (exact) mass is 250 g/mol. The number of nitrogens with one attached hydrogen (secondary N) is 1. The summed E-state index contributed by atoms with van der Waals surface area (Å²) in [6.07, 6.45) is 0. The van der Waals surface area contributed by atoms with Gasteiger partial charge in [0.2, 0.25) is 0 Å². The van der Waals surface area contributed by atoms with Gasteiger partial charge in [0.25, 0.3) is 5.56 Å². The topological polar surface area (TPSA) is 37.8 Å². The molecule has 0 amide bonds. The maximum Gasteiger partial charge on any atom is 0.265 e. The second-order valence-corrected chi connectivity index (χ2v) is 4.49. The van der Waals surface area contributed by atoms with Crippen LogP contribution in [0.5, 0.6) is 0 Å². The van der Waals surface area contributed by atoms with Crippen molar-refractivity contribution in [3.05, 3.63) is 76.6 Å². The van der Waals surface area contributed by atoms with E-state index >= 15 is 0 Å². The fourth-order valence-corrected chi connectivity index (χ4v) is 2.22. The van der Waals surface area contributed by atoms with Gasteiger partial charge in [0, 0.05) is 11.6 Å². The van der Waals surface area contributed by atoms with Gasteiger partial charge in [-0.15, -0.1) is 0 Å². The van der Waals surface area contributed by atoms with Crippen LogP contribution in [0.3, 0.4) is 0 Å². The van der Waals surface area contributed by atoms with Crippen molar-refractivity contribution in [3.8, 4) is 16.9 Å². The molecule has 2 aromatic carbocycles. The SMILES string of the molecule is Cc1ccccc1-n1[nH]c(=O)cc1-c1ccccc1. The number of aromatic amines is 1. The quantitative estimate of drug-likeness (QED) is 0.745. The molecule has 3 nitrogen and oxygen atoms in total. The summed E-state index contributed by atoms with van der Waals surface area (Å²) < 4.78 is 1.84. The molecule has 3 heteroatoms. The molecule has 0 aliphatic heterocycles. The molecule has 0 saturated carbocycles. The minimum absolute atomic E-state index is 0.0953. The van der Waals surface area contributed by atoms with E-state index in [2.05, 4.69) is 5.10 Å². The number of para-hydroxylation sites is 1. The first-order valence-corrected chi connectivity index (χ1v) is 6.19. The van der Waals surface area contributed by atoms with E-state index in [0.717, 1.165) is 22.5 Å². The van der Waals surface area contributed by atoms with Crippen molar-refractivity contribution in [3.63, 3.8) is 0 Å². The van der Waals surface area contributed by atoms with E-state index in [1.54, 1.807) is 6.07 Å². The molecule has 0 bridgehead atoms. The van der Waals surface area contributed by atoms with Crippen molar-refractivity contribution < 1.29 is 0 Å². The number of hydrogen-bond acceptors (Lipinski definition) is 1. The zero-order valence-electron chi connectivity index (χ0n) is 10.6. The Balaban J connectivity index is 2.24. The van der Waals surface area contributed by atoms with Gasteiger partial charge in [-0.2, -0.15) is 0 Å². The average Bonchev–Trinajstić information content (AvgIpc) is 2.82. The third-order valence-electron chi connectivity index (χ3n) is 3.16. The normalized spacial score (nSPS) is 10.6. The van der Waals surface area contributed by atoms with E-state index in [9.17, 15) is 4.79 Å². The van der Waals surface area contributed by atoms with Gasteiger partial charge in [0.1, 0.15) is 0 Å². The van der Waals surface area contributed by atoms with E-state index in [4.69, 9.17) is 0 Å². The Morgan fingerprint density at radius 3 is 2.37 bits per heavy atom. The lowest BCUT2D eigenvalue weighted by Gasteiger charge is -2.10. The smallest absolute Gasteiger partial charge is 0.265 e. The molecule has 3 rings (SSSR count). The molecule has 0 aliphatic rings. The molecule has 0 spiro atoms. The van der Waals surface area contributed by atoms with Crippen LogP contribution in [-0.2, 0) is 0 Å². The van der Waals surface area contributed by atoms with Crippen LogP contribution in [0.25, 0.3) is 16.9 Å². The third-order valence-corrected chi connectivity index (χ3v) is 3.16. The van der Waals surface area contributed by atoms with Crippen molar-refractivity contribution in [1.29, 1.82) is 0 Å². The molecule has 3 aromatic rings. The fraction of sp³-hybridized carbons (Fsp3) is 0.0625. The van der Waals surface area contributed by atoms with E-state index in [1.165, 1.54) is 0 Å². The first-order chi connectivity index (χ1) is 9.25.